The lowest BCUT2D eigenvalue weighted by Gasteiger charge is -2.13. The molecule has 1 aliphatic carbocycles. The van der Waals surface area contributed by atoms with E-state index in [0.29, 0.717) is 12.6 Å². The highest BCUT2D eigenvalue weighted by molar-refractivity contribution is 6.01. The predicted molar refractivity (Wildman–Crippen MR) is 50.8 cm³/mol. The van der Waals surface area contributed by atoms with Crippen LogP contribution in [0.4, 0.5) is 4.79 Å². The minimum atomic E-state index is -0.174. The van der Waals surface area contributed by atoms with E-state index in [4.69, 9.17) is 0 Å². The lowest BCUT2D eigenvalue weighted by atomic mass is 10.5. The van der Waals surface area contributed by atoms with E-state index >= 15 is 0 Å². The summed E-state index contributed by atoms with van der Waals surface area (Å²) in [6.45, 7) is 1.44. The summed E-state index contributed by atoms with van der Waals surface area (Å²) in [6, 6.07) is 0.452. The molecule has 1 heterocycles. The second-order valence-corrected chi connectivity index (χ2v) is 3.91. The summed E-state index contributed by atoms with van der Waals surface area (Å²) in [5.41, 5.74) is 0. The Morgan fingerprint density at radius 3 is 2.64 bits per heavy atom. The first kappa shape index (κ1) is 9.45. The topological polar surface area (TPSA) is 52.7 Å². The summed E-state index contributed by atoms with van der Waals surface area (Å²) in [5.74, 6) is -0.0879. The highest BCUT2D eigenvalue weighted by Crippen LogP contribution is 2.18. The van der Waals surface area contributed by atoms with Gasteiger partial charge in [-0.25, -0.2) is 4.79 Å². The Hall–Kier alpha value is -1.10. The number of imide groups is 1. The highest BCUT2D eigenvalue weighted by atomic mass is 16.2. The van der Waals surface area contributed by atoms with Gasteiger partial charge in [0.15, 0.2) is 0 Å². The first-order valence-corrected chi connectivity index (χ1v) is 4.97. The van der Waals surface area contributed by atoms with Crippen molar-refractivity contribution in [3.8, 4) is 0 Å². The number of likely N-dealkylation sites (N-methyl/N-ethyl adjacent to an activating group) is 1. The maximum absolute atomic E-state index is 11.4. The Morgan fingerprint density at radius 1 is 1.43 bits per heavy atom. The molecule has 2 rings (SSSR count). The van der Waals surface area contributed by atoms with Crippen molar-refractivity contribution in [3.63, 3.8) is 0 Å². The van der Waals surface area contributed by atoms with E-state index in [1.54, 1.807) is 7.05 Å². The van der Waals surface area contributed by atoms with Gasteiger partial charge in [0.05, 0.1) is 0 Å². The van der Waals surface area contributed by atoms with Crippen LogP contribution in [0.5, 0.6) is 0 Å². The molecular weight excluding hydrogens is 182 g/mol. The third kappa shape index (κ3) is 1.87. The van der Waals surface area contributed by atoms with E-state index in [-0.39, 0.29) is 18.5 Å². The zero-order valence-corrected chi connectivity index (χ0v) is 8.32. The average molecular weight is 197 g/mol. The van der Waals surface area contributed by atoms with Gasteiger partial charge in [0.25, 0.3) is 0 Å². The van der Waals surface area contributed by atoms with Crippen molar-refractivity contribution in [2.45, 2.75) is 18.9 Å². The van der Waals surface area contributed by atoms with Gasteiger partial charge in [-0.05, 0) is 12.8 Å². The Bertz CT molecular complexity index is 263. The second kappa shape index (κ2) is 3.57. The molecule has 3 amide bonds. The van der Waals surface area contributed by atoms with Crippen molar-refractivity contribution in [2.75, 3.05) is 26.7 Å². The molecule has 1 N–H and O–H groups in total. The molecule has 0 radical (unpaired) electrons. The van der Waals surface area contributed by atoms with Gasteiger partial charge in [-0.3, -0.25) is 9.69 Å². The number of nitrogens with one attached hydrogen (secondary N) is 1. The minimum absolute atomic E-state index is 0.0879. The number of nitrogens with zero attached hydrogens (tertiary/aromatic N) is 2. The largest absolute Gasteiger partial charge is 0.327 e. The van der Waals surface area contributed by atoms with E-state index in [1.807, 2.05) is 0 Å². The molecule has 0 spiro atoms. The fraction of sp³-hybridized carbons (Fsp3) is 0.778. The van der Waals surface area contributed by atoms with E-state index < -0.39 is 0 Å². The summed E-state index contributed by atoms with van der Waals surface area (Å²) in [7, 11) is 1.65. The number of rotatable bonds is 4. The summed E-state index contributed by atoms with van der Waals surface area (Å²) >= 11 is 0. The maximum atomic E-state index is 11.4. The maximum Gasteiger partial charge on any atom is 0.327 e. The summed E-state index contributed by atoms with van der Waals surface area (Å²) in [4.78, 5) is 25.5. The molecule has 5 nitrogen and oxygen atoms in total. The molecule has 2 aliphatic rings. The third-order valence-corrected chi connectivity index (χ3v) is 2.58. The van der Waals surface area contributed by atoms with E-state index in [1.165, 1.54) is 22.6 Å². The highest BCUT2D eigenvalue weighted by Gasteiger charge is 2.33. The average Bonchev–Trinajstić information content (AvgIpc) is 2.90. The molecule has 0 aromatic carbocycles. The standard InChI is InChI=1S/C9H15N3O2/c1-11-6-8(13)12(9(11)14)5-4-10-7-2-3-7/h7,10H,2-6H2,1H3. The fourth-order valence-corrected chi connectivity index (χ4v) is 1.56. The summed E-state index contributed by atoms with van der Waals surface area (Å²) in [5, 5.41) is 3.27. The third-order valence-electron chi connectivity index (χ3n) is 2.58. The number of amides is 3. The van der Waals surface area contributed by atoms with Gasteiger partial charge in [-0.2, -0.15) is 0 Å². The lowest BCUT2D eigenvalue weighted by Crippen LogP contribution is -2.37. The molecule has 1 saturated heterocycles. The van der Waals surface area contributed by atoms with Gasteiger partial charge in [-0.15, -0.1) is 0 Å². The van der Waals surface area contributed by atoms with E-state index in [9.17, 15) is 9.59 Å². The smallest absolute Gasteiger partial charge is 0.318 e. The first-order chi connectivity index (χ1) is 6.68. The van der Waals surface area contributed by atoms with Crippen molar-refractivity contribution >= 4 is 11.9 Å². The van der Waals surface area contributed by atoms with Crippen LogP contribution in [0.1, 0.15) is 12.8 Å². The van der Waals surface area contributed by atoms with Gasteiger partial charge in [0.1, 0.15) is 6.54 Å². The molecule has 78 valence electrons. The van der Waals surface area contributed by atoms with Crippen molar-refractivity contribution < 1.29 is 9.59 Å². The van der Waals surface area contributed by atoms with Crippen LogP contribution in [0.3, 0.4) is 0 Å². The van der Waals surface area contributed by atoms with Crippen LogP contribution in [-0.2, 0) is 4.79 Å². The second-order valence-electron chi connectivity index (χ2n) is 3.91. The summed E-state index contributed by atoms with van der Waals surface area (Å²) < 4.78 is 0. The van der Waals surface area contributed by atoms with Gasteiger partial charge >= 0.3 is 6.03 Å². The molecular formula is C9H15N3O2. The predicted octanol–water partition coefficient (Wildman–Crippen LogP) is -0.368. The molecule has 2 fully saturated rings. The lowest BCUT2D eigenvalue weighted by molar-refractivity contribution is -0.125. The zero-order valence-electron chi connectivity index (χ0n) is 8.32. The van der Waals surface area contributed by atoms with Crippen LogP contribution in [0.25, 0.3) is 0 Å². The Morgan fingerprint density at radius 2 is 2.14 bits per heavy atom. The molecule has 0 unspecified atom stereocenters. The number of carbonyl (C=O) groups is 2. The quantitative estimate of drug-likeness (QED) is 0.626. The normalized spacial score (nSPS) is 22.4. The van der Waals surface area contributed by atoms with Gasteiger partial charge in [0.2, 0.25) is 5.91 Å². The molecule has 14 heavy (non-hydrogen) atoms. The van der Waals surface area contributed by atoms with Crippen LogP contribution in [-0.4, -0.2) is 54.5 Å². The molecule has 1 saturated carbocycles. The molecule has 0 atom stereocenters. The number of urea groups is 1. The van der Waals surface area contributed by atoms with Crippen LogP contribution >= 0.6 is 0 Å². The molecule has 5 heteroatoms. The first-order valence-electron chi connectivity index (χ1n) is 4.97. The van der Waals surface area contributed by atoms with Gasteiger partial charge in [0, 0.05) is 26.2 Å². The van der Waals surface area contributed by atoms with E-state index in [2.05, 4.69) is 5.32 Å². The monoisotopic (exact) mass is 197 g/mol. The van der Waals surface area contributed by atoms with Crippen molar-refractivity contribution in [1.29, 1.82) is 0 Å². The van der Waals surface area contributed by atoms with Crippen molar-refractivity contribution in [1.82, 2.24) is 15.1 Å². The number of hydrogen-bond donors (Lipinski definition) is 1. The molecule has 1 aliphatic heterocycles. The SMILES string of the molecule is CN1CC(=O)N(CCNC2CC2)C1=O. The van der Waals surface area contributed by atoms with Gasteiger partial charge < -0.3 is 10.2 Å². The Kier molecular flexibility index (Phi) is 2.41. The molecule has 0 aromatic rings. The number of hydrogen-bond acceptors (Lipinski definition) is 3. The molecule has 0 bridgehead atoms. The van der Waals surface area contributed by atoms with Crippen molar-refractivity contribution in [2.24, 2.45) is 0 Å². The molecule has 0 aromatic heterocycles. The Balaban J connectivity index is 1.77. The van der Waals surface area contributed by atoms with Gasteiger partial charge in [-0.1, -0.05) is 0 Å². The van der Waals surface area contributed by atoms with Crippen LogP contribution in [0.15, 0.2) is 0 Å². The van der Waals surface area contributed by atoms with E-state index in [0.717, 1.165) is 6.54 Å². The Labute approximate surface area is 83.0 Å². The van der Waals surface area contributed by atoms with Crippen molar-refractivity contribution in [3.05, 3.63) is 0 Å². The fourth-order valence-electron chi connectivity index (χ4n) is 1.56. The zero-order chi connectivity index (χ0) is 10.1. The van der Waals surface area contributed by atoms with Crippen LogP contribution < -0.4 is 5.32 Å². The summed E-state index contributed by atoms with van der Waals surface area (Å²) in [6.07, 6.45) is 2.45. The minimum Gasteiger partial charge on any atom is -0.318 e. The van der Waals surface area contributed by atoms with Crippen LogP contribution in [0, 0.1) is 0 Å². The van der Waals surface area contributed by atoms with Crippen LogP contribution in [0.2, 0.25) is 0 Å². The number of carbonyl (C=O) groups excluding carboxylic acids is 2.